The van der Waals surface area contributed by atoms with E-state index in [0.29, 0.717) is 0 Å². The summed E-state index contributed by atoms with van der Waals surface area (Å²) in [4.78, 5) is 0. The highest BCUT2D eigenvalue weighted by Crippen LogP contribution is 2.33. The molecule has 96 valence electrons. The van der Waals surface area contributed by atoms with Gasteiger partial charge in [0, 0.05) is 0 Å². The van der Waals surface area contributed by atoms with E-state index in [2.05, 4.69) is 51.4 Å². The van der Waals surface area contributed by atoms with E-state index in [1.807, 2.05) is 0 Å². The molecule has 0 saturated heterocycles. The van der Waals surface area contributed by atoms with Crippen molar-refractivity contribution < 1.29 is 5.11 Å². The molecule has 2 aromatic rings. The third-order valence-corrected chi connectivity index (χ3v) is 4.77. The summed E-state index contributed by atoms with van der Waals surface area (Å²) < 4.78 is 0. The fourth-order valence-corrected chi connectivity index (χ4v) is 3.33. The zero-order valence-corrected chi connectivity index (χ0v) is 12.5. The summed E-state index contributed by atoms with van der Waals surface area (Å²) in [5.41, 5.74) is 8.20. The average Bonchev–Trinajstić information content (AvgIpc) is 2.73. The summed E-state index contributed by atoms with van der Waals surface area (Å²) in [6.07, 6.45) is -0.505. The van der Waals surface area contributed by atoms with Crippen molar-refractivity contribution in [3.05, 3.63) is 55.8 Å². The van der Waals surface area contributed by atoms with Crippen molar-refractivity contribution in [2.24, 2.45) is 0 Å². The Bertz CT molecular complexity index is 555. The molecule has 0 fully saturated rings. The molecule has 2 rings (SSSR count). The van der Waals surface area contributed by atoms with Crippen molar-refractivity contribution in [2.75, 3.05) is 0 Å². The molecule has 0 spiro atoms. The van der Waals surface area contributed by atoms with Gasteiger partial charge in [-0.1, -0.05) is 6.07 Å². The van der Waals surface area contributed by atoms with E-state index in [0.717, 1.165) is 11.1 Å². The Labute approximate surface area is 113 Å². The van der Waals surface area contributed by atoms with E-state index in [9.17, 15) is 5.11 Å². The molecule has 0 aliphatic rings. The van der Waals surface area contributed by atoms with Gasteiger partial charge in [-0.15, -0.1) is 0 Å². The van der Waals surface area contributed by atoms with Crippen molar-refractivity contribution >= 4 is 11.3 Å². The quantitative estimate of drug-likeness (QED) is 0.850. The lowest BCUT2D eigenvalue weighted by Crippen LogP contribution is -2.07. The van der Waals surface area contributed by atoms with Gasteiger partial charge >= 0.3 is 0 Å². The van der Waals surface area contributed by atoms with Gasteiger partial charge in [-0.3, -0.25) is 0 Å². The van der Waals surface area contributed by atoms with E-state index in [-0.39, 0.29) is 0 Å². The zero-order chi connectivity index (χ0) is 13.4. The molecule has 0 bridgehead atoms. The van der Waals surface area contributed by atoms with Gasteiger partial charge < -0.3 is 5.11 Å². The zero-order valence-electron chi connectivity index (χ0n) is 11.7. The predicted octanol–water partition coefficient (Wildman–Crippen LogP) is 4.37. The van der Waals surface area contributed by atoms with Gasteiger partial charge in [0.25, 0.3) is 0 Å². The molecule has 1 nitrogen and oxygen atoms in total. The predicted molar refractivity (Wildman–Crippen MR) is 78.5 cm³/mol. The summed E-state index contributed by atoms with van der Waals surface area (Å²) in [6, 6.07) is 2.20. The molecular formula is C16H20OS. The molecule has 0 amide bonds. The lowest BCUT2D eigenvalue weighted by atomic mass is 9.88. The van der Waals surface area contributed by atoms with Crippen LogP contribution >= 0.6 is 11.3 Å². The van der Waals surface area contributed by atoms with Gasteiger partial charge in [-0.2, -0.15) is 11.3 Å². The minimum atomic E-state index is -0.505. The number of rotatable bonds is 2. The van der Waals surface area contributed by atoms with Crippen LogP contribution in [0.3, 0.4) is 0 Å². The van der Waals surface area contributed by atoms with Crippen LogP contribution in [0.5, 0.6) is 0 Å². The van der Waals surface area contributed by atoms with E-state index < -0.39 is 6.10 Å². The topological polar surface area (TPSA) is 20.2 Å². The van der Waals surface area contributed by atoms with E-state index >= 15 is 0 Å². The van der Waals surface area contributed by atoms with Crippen LogP contribution in [-0.2, 0) is 0 Å². The molecule has 18 heavy (non-hydrogen) atoms. The van der Waals surface area contributed by atoms with Gasteiger partial charge in [0.1, 0.15) is 6.10 Å². The largest absolute Gasteiger partial charge is 0.384 e. The molecule has 1 aromatic carbocycles. The summed E-state index contributed by atoms with van der Waals surface area (Å²) in [6.45, 7) is 10.5. The third kappa shape index (κ3) is 2.11. The molecule has 1 heterocycles. The van der Waals surface area contributed by atoms with Crippen LogP contribution in [0, 0.1) is 34.6 Å². The van der Waals surface area contributed by atoms with Crippen LogP contribution in [0.25, 0.3) is 0 Å². The van der Waals surface area contributed by atoms with Crippen LogP contribution < -0.4 is 0 Å². The summed E-state index contributed by atoms with van der Waals surface area (Å²) in [5, 5.41) is 14.8. The maximum Gasteiger partial charge on any atom is 0.106 e. The fourth-order valence-electron chi connectivity index (χ4n) is 2.46. The Kier molecular flexibility index (Phi) is 3.60. The average molecular weight is 260 g/mol. The van der Waals surface area contributed by atoms with Crippen molar-refractivity contribution in [2.45, 2.75) is 40.7 Å². The maximum atomic E-state index is 10.7. The number of thiophene rings is 1. The Balaban J connectivity index is 2.61. The van der Waals surface area contributed by atoms with Crippen LogP contribution in [0.2, 0.25) is 0 Å². The van der Waals surface area contributed by atoms with Gasteiger partial charge in [0.15, 0.2) is 0 Å². The molecule has 0 saturated carbocycles. The van der Waals surface area contributed by atoms with Crippen LogP contribution in [0.4, 0.5) is 0 Å². The first kappa shape index (κ1) is 13.3. The van der Waals surface area contributed by atoms with E-state index in [1.165, 1.54) is 27.8 Å². The molecule has 0 aliphatic carbocycles. The molecule has 0 aliphatic heterocycles. The SMILES string of the molecule is Cc1cscc1C(O)c1c(C)c(C)cc(C)c1C. The number of hydrogen-bond acceptors (Lipinski definition) is 2. The normalized spacial score (nSPS) is 12.8. The molecule has 1 N–H and O–H groups in total. The summed E-state index contributed by atoms with van der Waals surface area (Å²) in [7, 11) is 0. The Morgan fingerprint density at radius 1 is 0.889 bits per heavy atom. The van der Waals surface area contributed by atoms with E-state index in [1.54, 1.807) is 11.3 Å². The van der Waals surface area contributed by atoms with Crippen LogP contribution in [-0.4, -0.2) is 5.11 Å². The van der Waals surface area contributed by atoms with Crippen molar-refractivity contribution in [1.29, 1.82) is 0 Å². The Morgan fingerprint density at radius 2 is 1.44 bits per heavy atom. The molecule has 1 unspecified atom stereocenters. The molecule has 2 heteroatoms. The van der Waals surface area contributed by atoms with Crippen LogP contribution in [0.15, 0.2) is 16.8 Å². The smallest absolute Gasteiger partial charge is 0.106 e. The fraction of sp³-hybridized carbons (Fsp3) is 0.375. The second kappa shape index (κ2) is 4.87. The minimum Gasteiger partial charge on any atom is -0.384 e. The van der Waals surface area contributed by atoms with Crippen molar-refractivity contribution in [1.82, 2.24) is 0 Å². The summed E-state index contributed by atoms with van der Waals surface area (Å²) in [5.74, 6) is 0. The second-order valence-corrected chi connectivity index (χ2v) is 5.83. The lowest BCUT2D eigenvalue weighted by molar-refractivity contribution is 0.218. The Hall–Kier alpha value is -1.12. The first-order valence-corrected chi connectivity index (χ1v) is 7.15. The maximum absolute atomic E-state index is 10.7. The molecule has 1 atom stereocenters. The Morgan fingerprint density at radius 3 is 1.89 bits per heavy atom. The highest BCUT2D eigenvalue weighted by Gasteiger charge is 2.19. The monoisotopic (exact) mass is 260 g/mol. The third-order valence-electron chi connectivity index (χ3n) is 3.89. The highest BCUT2D eigenvalue weighted by molar-refractivity contribution is 7.08. The first-order chi connectivity index (χ1) is 8.43. The molecule has 1 aromatic heterocycles. The van der Waals surface area contributed by atoms with E-state index in [4.69, 9.17) is 0 Å². The second-order valence-electron chi connectivity index (χ2n) is 5.09. The van der Waals surface area contributed by atoms with Gasteiger partial charge in [0.05, 0.1) is 0 Å². The standard InChI is InChI=1S/C16H20OS/c1-9-6-10(2)13(5)15(12(9)4)16(17)14-8-18-7-11(14)3/h6-8,16-17H,1-5H3. The molecule has 0 radical (unpaired) electrons. The first-order valence-electron chi connectivity index (χ1n) is 6.21. The van der Waals surface area contributed by atoms with Gasteiger partial charge in [-0.25, -0.2) is 0 Å². The number of hydrogen-bond donors (Lipinski definition) is 1. The minimum absolute atomic E-state index is 0.505. The number of benzene rings is 1. The highest BCUT2D eigenvalue weighted by atomic mass is 32.1. The van der Waals surface area contributed by atoms with Crippen LogP contribution in [0.1, 0.15) is 45.0 Å². The molecular weight excluding hydrogens is 240 g/mol. The lowest BCUT2D eigenvalue weighted by Gasteiger charge is -2.20. The summed E-state index contributed by atoms with van der Waals surface area (Å²) >= 11 is 1.65. The number of aliphatic hydroxyl groups excluding tert-OH is 1. The van der Waals surface area contributed by atoms with Gasteiger partial charge in [-0.05, 0) is 84.3 Å². The number of aryl methyl sites for hydroxylation is 3. The van der Waals surface area contributed by atoms with Crippen molar-refractivity contribution in [3.8, 4) is 0 Å². The number of aliphatic hydroxyl groups is 1. The van der Waals surface area contributed by atoms with Gasteiger partial charge in [0.2, 0.25) is 0 Å². The van der Waals surface area contributed by atoms with Crippen molar-refractivity contribution in [3.63, 3.8) is 0 Å².